The van der Waals surface area contributed by atoms with E-state index in [9.17, 15) is 9.90 Å². The highest BCUT2D eigenvalue weighted by Crippen LogP contribution is 2.12. The first-order valence-electron chi connectivity index (χ1n) is 4.25. The van der Waals surface area contributed by atoms with Crippen LogP contribution in [0.15, 0.2) is 0 Å². The van der Waals surface area contributed by atoms with Gasteiger partial charge in [-0.1, -0.05) is 13.8 Å². The first-order chi connectivity index (χ1) is 5.25. The average molecular weight is 173 g/mol. The van der Waals surface area contributed by atoms with Crippen molar-refractivity contribution in [3.8, 4) is 0 Å². The molecule has 0 aliphatic rings. The first kappa shape index (κ1) is 11.4. The summed E-state index contributed by atoms with van der Waals surface area (Å²) in [5.74, 6) is 0.288. The second-order valence-electron chi connectivity index (χ2n) is 4.02. The van der Waals surface area contributed by atoms with Gasteiger partial charge in [-0.3, -0.25) is 4.79 Å². The molecule has 0 aromatic heterocycles. The standard InChI is InChI=1S/C9H19NO2/c1-7(2)6-10(8(3)11)9(4,5)12/h7,12H,6H2,1-5H3. The maximum absolute atomic E-state index is 11.1. The number of rotatable bonds is 3. The fraction of sp³-hybridized carbons (Fsp3) is 0.889. The molecule has 0 fully saturated rings. The van der Waals surface area contributed by atoms with E-state index in [1.165, 1.54) is 11.8 Å². The monoisotopic (exact) mass is 173 g/mol. The summed E-state index contributed by atoms with van der Waals surface area (Å²) in [6.45, 7) is 9.34. The highest BCUT2D eigenvalue weighted by atomic mass is 16.3. The number of carbonyl (C=O) groups is 1. The van der Waals surface area contributed by atoms with E-state index in [-0.39, 0.29) is 5.91 Å². The van der Waals surface area contributed by atoms with Gasteiger partial charge in [0.25, 0.3) is 0 Å². The fourth-order valence-corrected chi connectivity index (χ4v) is 1.10. The molecule has 72 valence electrons. The molecule has 0 aliphatic heterocycles. The number of hydrogen-bond donors (Lipinski definition) is 1. The van der Waals surface area contributed by atoms with Crippen LogP contribution >= 0.6 is 0 Å². The molecule has 0 aromatic rings. The van der Waals surface area contributed by atoms with Gasteiger partial charge in [0, 0.05) is 13.5 Å². The lowest BCUT2D eigenvalue weighted by molar-refractivity contribution is -0.151. The molecule has 0 radical (unpaired) electrons. The van der Waals surface area contributed by atoms with Crippen LogP contribution in [0.25, 0.3) is 0 Å². The molecule has 0 rings (SSSR count). The Morgan fingerprint density at radius 1 is 1.50 bits per heavy atom. The maximum Gasteiger partial charge on any atom is 0.221 e. The predicted octanol–water partition coefficient (Wildman–Crippen LogP) is 1.22. The zero-order valence-corrected chi connectivity index (χ0v) is 8.59. The number of nitrogens with zero attached hydrogens (tertiary/aromatic N) is 1. The van der Waals surface area contributed by atoms with Crippen molar-refractivity contribution in [1.82, 2.24) is 4.90 Å². The third-order valence-corrected chi connectivity index (χ3v) is 1.59. The number of hydrogen-bond acceptors (Lipinski definition) is 2. The topological polar surface area (TPSA) is 40.5 Å². The van der Waals surface area contributed by atoms with Crippen LogP contribution in [0.2, 0.25) is 0 Å². The number of aliphatic hydroxyl groups is 1. The van der Waals surface area contributed by atoms with Gasteiger partial charge in [-0.05, 0) is 19.8 Å². The van der Waals surface area contributed by atoms with Gasteiger partial charge in [-0.2, -0.15) is 0 Å². The van der Waals surface area contributed by atoms with Crippen molar-refractivity contribution in [3.63, 3.8) is 0 Å². The summed E-state index contributed by atoms with van der Waals surface area (Å²) in [7, 11) is 0. The molecule has 0 spiro atoms. The average Bonchev–Trinajstić information content (AvgIpc) is 1.79. The highest BCUT2D eigenvalue weighted by molar-refractivity contribution is 5.73. The Hall–Kier alpha value is -0.570. The molecule has 0 aromatic carbocycles. The summed E-state index contributed by atoms with van der Waals surface area (Å²) in [6.07, 6.45) is 0. The van der Waals surface area contributed by atoms with Crippen LogP contribution < -0.4 is 0 Å². The molecule has 3 nitrogen and oxygen atoms in total. The Morgan fingerprint density at radius 2 is 1.92 bits per heavy atom. The van der Waals surface area contributed by atoms with Crippen molar-refractivity contribution >= 4 is 5.91 Å². The van der Waals surface area contributed by atoms with Gasteiger partial charge < -0.3 is 10.0 Å². The molecule has 1 amide bonds. The molecule has 0 saturated carbocycles. The summed E-state index contributed by atoms with van der Waals surface area (Å²) in [5.41, 5.74) is -1.05. The minimum atomic E-state index is -1.05. The van der Waals surface area contributed by atoms with Gasteiger partial charge >= 0.3 is 0 Å². The van der Waals surface area contributed by atoms with Gasteiger partial charge in [-0.25, -0.2) is 0 Å². The second kappa shape index (κ2) is 3.90. The van der Waals surface area contributed by atoms with E-state index in [4.69, 9.17) is 0 Å². The molecule has 0 saturated heterocycles. The Balaban J connectivity index is 4.35. The van der Waals surface area contributed by atoms with Crippen LogP contribution in [-0.2, 0) is 4.79 Å². The summed E-state index contributed by atoms with van der Waals surface area (Å²) in [4.78, 5) is 12.6. The molecule has 0 bridgehead atoms. The van der Waals surface area contributed by atoms with E-state index >= 15 is 0 Å². The van der Waals surface area contributed by atoms with Crippen LogP contribution in [0.3, 0.4) is 0 Å². The Bertz CT molecular complexity index is 158. The van der Waals surface area contributed by atoms with Crippen molar-refractivity contribution in [2.45, 2.75) is 40.3 Å². The molecule has 1 N–H and O–H groups in total. The van der Waals surface area contributed by atoms with Crippen molar-refractivity contribution in [2.75, 3.05) is 6.54 Å². The fourth-order valence-electron chi connectivity index (χ4n) is 1.10. The maximum atomic E-state index is 11.1. The Labute approximate surface area is 74.4 Å². The van der Waals surface area contributed by atoms with E-state index in [1.807, 2.05) is 13.8 Å². The van der Waals surface area contributed by atoms with Gasteiger partial charge in [0.1, 0.15) is 5.72 Å². The van der Waals surface area contributed by atoms with Gasteiger partial charge in [0.2, 0.25) is 5.91 Å². The number of amides is 1. The third-order valence-electron chi connectivity index (χ3n) is 1.59. The largest absolute Gasteiger partial charge is 0.371 e. The quantitative estimate of drug-likeness (QED) is 0.652. The van der Waals surface area contributed by atoms with E-state index in [2.05, 4.69) is 0 Å². The van der Waals surface area contributed by atoms with Crippen LogP contribution in [-0.4, -0.2) is 28.2 Å². The first-order valence-corrected chi connectivity index (χ1v) is 4.25. The zero-order chi connectivity index (χ0) is 9.94. The summed E-state index contributed by atoms with van der Waals surface area (Å²) in [5, 5.41) is 9.60. The highest BCUT2D eigenvalue weighted by Gasteiger charge is 2.25. The van der Waals surface area contributed by atoms with Crippen LogP contribution in [0.4, 0.5) is 0 Å². The molecule has 0 aliphatic carbocycles. The van der Waals surface area contributed by atoms with Crippen molar-refractivity contribution in [1.29, 1.82) is 0 Å². The smallest absolute Gasteiger partial charge is 0.221 e. The zero-order valence-electron chi connectivity index (χ0n) is 8.59. The van der Waals surface area contributed by atoms with E-state index < -0.39 is 5.72 Å². The molecular formula is C9H19NO2. The van der Waals surface area contributed by atoms with Crippen molar-refractivity contribution < 1.29 is 9.90 Å². The Kier molecular flexibility index (Phi) is 3.71. The van der Waals surface area contributed by atoms with Crippen LogP contribution in [0.5, 0.6) is 0 Å². The van der Waals surface area contributed by atoms with Crippen LogP contribution in [0, 0.1) is 5.92 Å². The molecule has 0 heterocycles. The minimum absolute atomic E-state index is 0.0869. The Morgan fingerprint density at radius 3 is 2.00 bits per heavy atom. The molecule has 0 atom stereocenters. The van der Waals surface area contributed by atoms with Gasteiger partial charge in [-0.15, -0.1) is 0 Å². The van der Waals surface area contributed by atoms with E-state index in [0.29, 0.717) is 12.5 Å². The van der Waals surface area contributed by atoms with Crippen LogP contribution in [0.1, 0.15) is 34.6 Å². The summed E-state index contributed by atoms with van der Waals surface area (Å²) < 4.78 is 0. The lowest BCUT2D eigenvalue weighted by Crippen LogP contribution is -2.48. The minimum Gasteiger partial charge on any atom is -0.371 e. The SMILES string of the molecule is CC(=O)N(CC(C)C)C(C)(C)O. The predicted molar refractivity (Wildman–Crippen MR) is 48.5 cm³/mol. The lowest BCUT2D eigenvalue weighted by atomic mass is 10.1. The normalized spacial score (nSPS) is 11.9. The second-order valence-corrected chi connectivity index (χ2v) is 4.02. The van der Waals surface area contributed by atoms with E-state index in [0.717, 1.165) is 0 Å². The molecule has 0 unspecified atom stereocenters. The molecule has 12 heavy (non-hydrogen) atoms. The summed E-state index contributed by atoms with van der Waals surface area (Å²) in [6, 6.07) is 0. The van der Waals surface area contributed by atoms with E-state index in [1.54, 1.807) is 13.8 Å². The van der Waals surface area contributed by atoms with Gasteiger partial charge in [0.05, 0.1) is 0 Å². The van der Waals surface area contributed by atoms with Gasteiger partial charge in [0.15, 0.2) is 0 Å². The van der Waals surface area contributed by atoms with Crippen molar-refractivity contribution in [3.05, 3.63) is 0 Å². The molecular weight excluding hydrogens is 154 g/mol. The summed E-state index contributed by atoms with van der Waals surface area (Å²) >= 11 is 0. The molecule has 3 heteroatoms. The number of carbonyl (C=O) groups excluding carboxylic acids is 1. The lowest BCUT2D eigenvalue weighted by Gasteiger charge is -2.34. The third kappa shape index (κ3) is 3.72. The van der Waals surface area contributed by atoms with Crippen molar-refractivity contribution in [2.24, 2.45) is 5.92 Å².